The molecule has 0 heterocycles. The number of halogens is 2. The van der Waals surface area contributed by atoms with Crippen molar-refractivity contribution in [1.82, 2.24) is 0 Å². The van der Waals surface area contributed by atoms with E-state index in [0.717, 1.165) is 24.8 Å². The lowest BCUT2D eigenvalue weighted by Gasteiger charge is -2.26. The molecule has 1 aromatic rings. The zero-order valence-electron chi connectivity index (χ0n) is 18.7. The van der Waals surface area contributed by atoms with Gasteiger partial charge in [0.2, 0.25) is 7.42 Å². The van der Waals surface area contributed by atoms with E-state index in [9.17, 15) is 0 Å². The molecule has 4 heteroatoms. The predicted octanol–water partition coefficient (Wildman–Crippen LogP) is 9.06. The highest BCUT2D eigenvalue weighted by atomic mass is 35.7. The minimum atomic E-state index is -1.52. The smallest absolute Gasteiger partial charge is 0.237 e. The highest BCUT2D eigenvalue weighted by Crippen LogP contribution is 2.40. The van der Waals surface area contributed by atoms with Gasteiger partial charge >= 0.3 is 0 Å². The Morgan fingerprint density at radius 3 is 2.45 bits per heavy atom. The van der Waals surface area contributed by atoms with Gasteiger partial charge in [-0.3, -0.25) is 0 Å². The Labute approximate surface area is 190 Å². The summed E-state index contributed by atoms with van der Waals surface area (Å²) in [4.78, 5) is 0. The summed E-state index contributed by atoms with van der Waals surface area (Å²) in [6.07, 6.45) is 17.0. The first-order chi connectivity index (χ1) is 14.2. The second-order valence-corrected chi connectivity index (χ2v) is 14.0. The molecule has 0 bridgehead atoms. The number of rotatable bonds is 14. The Bertz CT molecular complexity index is 558. The maximum absolute atomic E-state index is 6.25. The fourth-order valence-corrected chi connectivity index (χ4v) is 6.15. The summed E-state index contributed by atoms with van der Waals surface area (Å²) in [5.74, 6) is 2.49. The van der Waals surface area contributed by atoms with Gasteiger partial charge < -0.3 is 4.74 Å². The first-order valence-corrected chi connectivity index (χ1v) is 16.5. The Hall–Kier alpha value is -0.183. The number of ether oxygens (including phenoxy) is 1. The van der Waals surface area contributed by atoms with Crippen LogP contribution in [0.25, 0.3) is 0 Å². The summed E-state index contributed by atoms with van der Waals surface area (Å²) in [6, 6.07) is 8.06. The van der Waals surface area contributed by atoms with Gasteiger partial charge in [0.1, 0.15) is 5.75 Å². The summed E-state index contributed by atoms with van der Waals surface area (Å²) < 4.78 is 6.25. The van der Waals surface area contributed by atoms with Crippen LogP contribution in [0.1, 0.15) is 120 Å². The van der Waals surface area contributed by atoms with Gasteiger partial charge in [-0.25, -0.2) is 0 Å². The van der Waals surface area contributed by atoms with Gasteiger partial charge in [0, 0.05) is 0 Å². The third kappa shape index (κ3) is 9.23. The van der Waals surface area contributed by atoms with Crippen molar-refractivity contribution in [3.05, 3.63) is 29.3 Å². The molecule has 1 fully saturated rings. The van der Waals surface area contributed by atoms with Gasteiger partial charge in [-0.15, -0.1) is 0 Å². The number of hydrogen-bond acceptors (Lipinski definition) is 1. The Kier molecular flexibility index (Phi) is 12.8. The molecule has 0 aliphatic heterocycles. The van der Waals surface area contributed by atoms with Gasteiger partial charge in [0.25, 0.3) is 0 Å². The van der Waals surface area contributed by atoms with Gasteiger partial charge in [0.05, 0.1) is 6.61 Å². The molecule has 1 saturated carbocycles. The molecule has 0 spiro atoms. The van der Waals surface area contributed by atoms with Crippen molar-refractivity contribution in [3.63, 3.8) is 0 Å². The van der Waals surface area contributed by atoms with Crippen molar-refractivity contribution >= 4 is 29.6 Å². The van der Waals surface area contributed by atoms with Crippen molar-refractivity contribution in [2.24, 2.45) is 0 Å². The Morgan fingerprint density at radius 1 is 0.966 bits per heavy atom. The second-order valence-electron chi connectivity index (χ2n) is 8.85. The molecule has 1 atom stereocenters. The number of hydrogen-bond donors (Lipinski definition) is 0. The normalized spacial score (nSPS) is 16.3. The maximum Gasteiger partial charge on any atom is 0.237 e. The van der Waals surface area contributed by atoms with Crippen LogP contribution in [0, 0.1) is 0 Å². The van der Waals surface area contributed by atoms with Crippen LogP contribution in [0.4, 0.5) is 0 Å². The SMILES string of the molecule is CCCCCCC(CCC)c1ccc(OCCC[SiH](Cl)Cl)c(C2CCCCC2)c1. The van der Waals surface area contributed by atoms with E-state index in [1.807, 2.05) is 0 Å². The number of unbranched alkanes of at least 4 members (excludes halogenated alkanes) is 3. The van der Waals surface area contributed by atoms with Crippen LogP contribution in [0.2, 0.25) is 6.04 Å². The van der Waals surface area contributed by atoms with E-state index in [0.29, 0.717) is 11.8 Å². The molecule has 1 aliphatic rings. The van der Waals surface area contributed by atoms with Crippen LogP contribution >= 0.6 is 22.2 Å². The fraction of sp³-hybridized carbons (Fsp3) is 0.760. The summed E-state index contributed by atoms with van der Waals surface area (Å²) >= 11 is 12.0. The topological polar surface area (TPSA) is 9.23 Å². The molecule has 0 aromatic heterocycles. The molecule has 0 amide bonds. The highest BCUT2D eigenvalue weighted by molar-refractivity contribution is 7.33. The molecule has 0 N–H and O–H groups in total. The van der Waals surface area contributed by atoms with Gasteiger partial charge in [-0.2, -0.15) is 22.2 Å². The average molecular weight is 458 g/mol. The summed E-state index contributed by atoms with van der Waals surface area (Å²) in [5.41, 5.74) is 3.02. The molecular weight excluding hydrogens is 415 g/mol. The van der Waals surface area contributed by atoms with Crippen molar-refractivity contribution in [2.75, 3.05) is 6.61 Å². The summed E-state index contributed by atoms with van der Waals surface area (Å²) in [6.45, 7) is 5.35. The third-order valence-corrected chi connectivity index (χ3v) is 8.57. The van der Waals surface area contributed by atoms with Gasteiger partial charge in [-0.1, -0.05) is 77.3 Å². The lowest BCUT2D eigenvalue weighted by atomic mass is 9.81. The quantitative estimate of drug-likeness (QED) is 0.154. The van der Waals surface area contributed by atoms with Crippen LogP contribution in [0.5, 0.6) is 5.75 Å². The molecule has 1 aliphatic carbocycles. The van der Waals surface area contributed by atoms with E-state index in [4.69, 9.17) is 26.9 Å². The van der Waals surface area contributed by atoms with E-state index in [-0.39, 0.29) is 0 Å². The van der Waals surface area contributed by atoms with Crippen molar-refractivity contribution in [1.29, 1.82) is 0 Å². The van der Waals surface area contributed by atoms with Crippen molar-refractivity contribution in [2.45, 2.75) is 115 Å². The molecule has 0 radical (unpaired) electrons. The van der Waals surface area contributed by atoms with Gasteiger partial charge in [-0.05, 0) is 67.2 Å². The molecule has 166 valence electrons. The molecule has 0 saturated heterocycles. The summed E-state index contributed by atoms with van der Waals surface area (Å²) in [5, 5.41) is 0. The average Bonchev–Trinajstić information content (AvgIpc) is 2.74. The largest absolute Gasteiger partial charge is 0.493 e. The summed E-state index contributed by atoms with van der Waals surface area (Å²) in [7, 11) is -1.52. The van der Waals surface area contributed by atoms with Crippen LogP contribution in [-0.2, 0) is 0 Å². The molecule has 29 heavy (non-hydrogen) atoms. The molecular formula is C25H42Cl2OSi. The second kappa shape index (κ2) is 14.8. The van der Waals surface area contributed by atoms with Crippen LogP contribution in [0.15, 0.2) is 18.2 Å². The van der Waals surface area contributed by atoms with Crippen molar-refractivity contribution < 1.29 is 4.74 Å². The molecule has 2 rings (SSSR count). The predicted molar refractivity (Wildman–Crippen MR) is 132 cm³/mol. The Balaban J connectivity index is 2.12. The zero-order chi connectivity index (χ0) is 20.9. The van der Waals surface area contributed by atoms with E-state index >= 15 is 0 Å². The highest BCUT2D eigenvalue weighted by Gasteiger charge is 2.21. The number of benzene rings is 1. The van der Waals surface area contributed by atoms with Gasteiger partial charge in [0.15, 0.2) is 0 Å². The first kappa shape index (κ1) is 25.1. The third-order valence-electron chi connectivity index (χ3n) is 6.42. The molecule has 1 aromatic carbocycles. The molecule has 1 unspecified atom stereocenters. The van der Waals surface area contributed by atoms with E-state index in [1.54, 1.807) is 5.56 Å². The monoisotopic (exact) mass is 456 g/mol. The first-order valence-electron chi connectivity index (χ1n) is 12.2. The minimum absolute atomic E-state index is 0.671. The van der Waals surface area contributed by atoms with E-state index in [1.165, 1.54) is 82.6 Å². The van der Waals surface area contributed by atoms with Crippen molar-refractivity contribution in [3.8, 4) is 5.75 Å². The van der Waals surface area contributed by atoms with Crippen LogP contribution < -0.4 is 4.74 Å². The standard InChI is InChI=1S/C25H42Cl2OSi/c1-3-5-6-8-13-21(12-4-2)23-16-17-25(28-18-11-19-29(26)27)24(20-23)22-14-9-7-10-15-22/h16-17,20-22,29H,3-15,18-19H2,1-2H3. The van der Waals surface area contributed by atoms with E-state index in [2.05, 4.69) is 32.0 Å². The lowest BCUT2D eigenvalue weighted by Crippen LogP contribution is -2.10. The lowest BCUT2D eigenvalue weighted by molar-refractivity contribution is 0.307. The Morgan fingerprint density at radius 2 is 1.76 bits per heavy atom. The minimum Gasteiger partial charge on any atom is -0.493 e. The zero-order valence-corrected chi connectivity index (χ0v) is 21.4. The molecule has 1 nitrogen and oxygen atoms in total. The fourth-order valence-electron chi connectivity index (χ4n) is 4.75. The maximum atomic E-state index is 6.25. The van der Waals surface area contributed by atoms with E-state index < -0.39 is 7.42 Å². The van der Waals surface area contributed by atoms with Crippen LogP contribution in [-0.4, -0.2) is 14.0 Å². The van der Waals surface area contributed by atoms with Crippen LogP contribution in [0.3, 0.4) is 0 Å².